The second-order valence-corrected chi connectivity index (χ2v) is 4.66. The van der Waals surface area contributed by atoms with Crippen LogP contribution in [0.1, 0.15) is 26.7 Å². The predicted molar refractivity (Wildman–Crippen MR) is 56.5 cm³/mol. The maximum atomic E-state index is 11.6. The van der Waals surface area contributed by atoms with Crippen LogP contribution in [0.3, 0.4) is 0 Å². The molecule has 1 fully saturated rings. The van der Waals surface area contributed by atoms with Crippen molar-refractivity contribution in [2.75, 3.05) is 6.54 Å². The van der Waals surface area contributed by atoms with E-state index < -0.39 is 5.97 Å². The van der Waals surface area contributed by atoms with Crippen molar-refractivity contribution in [2.45, 2.75) is 26.7 Å². The highest BCUT2D eigenvalue weighted by Gasteiger charge is 2.36. The Labute approximate surface area is 93.7 Å². The molecule has 2 amide bonds. The summed E-state index contributed by atoms with van der Waals surface area (Å²) >= 11 is 0. The number of amides is 2. The van der Waals surface area contributed by atoms with Crippen molar-refractivity contribution in [1.82, 2.24) is 4.90 Å². The molecular weight excluding hydrogens is 210 g/mol. The number of imide groups is 1. The fourth-order valence-corrected chi connectivity index (χ4v) is 1.67. The van der Waals surface area contributed by atoms with Crippen molar-refractivity contribution in [3.63, 3.8) is 0 Å². The number of rotatable bonds is 3. The molecule has 0 bridgehead atoms. The van der Waals surface area contributed by atoms with Gasteiger partial charge in [-0.3, -0.25) is 14.5 Å². The average molecular weight is 225 g/mol. The molecule has 1 saturated heterocycles. The SMILES string of the molecule is CC1(C)CC(=O)N(C/C=C/C(=O)O)C(=O)C1. The summed E-state index contributed by atoms with van der Waals surface area (Å²) in [7, 11) is 0. The maximum absolute atomic E-state index is 11.6. The van der Waals surface area contributed by atoms with Gasteiger partial charge in [0.15, 0.2) is 0 Å². The van der Waals surface area contributed by atoms with E-state index in [4.69, 9.17) is 5.11 Å². The van der Waals surface area contributed by atoms with Crippen LogP contribution in [0, 0.1) is 5.41 Å². The minimum Gasteiger partial charge on any atom is -0.478 e. The van der Waals surface area contributed by atoms with Crippen LogP contribution in [0.25, 0.3) is 0 Å². The van der Waals surface area contributed by atoms with Crippen LogP contribution < -0.4 is 0 Å². The number of carboxylic acid groups (broad SMARTS) is 1. The molecule has 0 saturated carbocycles. The second kappa shape index (κ2) is 4.47. The summed E-state index contributed by atoms with van der Waals surface area (Å²) in [6, 6.07) is 0. The summed E-state index contributed by atoms with van der Waals surface area (Å²) in [5.41, 5.74) is -0.290. The summed E-state index contributed by atoms with van der Waals surface area (Å²) in [6.07, 6.45) is 2.87. The third-order valence-electron chi connectivity index (χ3n) is 2.41. The van der Waals surface area contributed by atoms with Crippen molar-refractivity contribution in [1.29, 1.82) is 0 Å². The first kappa shape index (κ1) is 12.4. The second-order valence-electron chi connectivity index (χ2n) is 4.66. The molecule has 0 atom stereocenters. The van der Waals surface area contributed by atoms with Gasteiger partial charge in [0.2, 0.25) is 11.8 Å². The molecular formula is C11H15NO4. The van der Waals surface area contributed by atoms with Crippen molar-refractivity contribution >= 4 is 17.8 Å². The lowest BCUT2D eigenvalue weighted by molar-refractivity contribution is -0.151. The number of likely N-dealkylation sites (tertiary alicyclic amines) is 1. The molecule has 0 spiro atoms. The van der Waals surface area contributed by atoms with Crippen LogP contribution in [-0.2, 0) is 14.4 Å². The molecule has 1 N–H and O–H groups in total. The first-order valence-electron chi connectivity index (χ1n) is 5.04. The first-order chi connectivity index (χ1) is 7.32. The zero-order valence-electron chi connectivity index (χ0n) is 9.40. The van der Waals surface area contributed by atoms with E-state index in [-0.39, 0.29) is 23.8 Å². The number of nitrogens with zero attached hydrogens (tertiary/aromatic N) is 1. The van der Waals surface area contributed by atoms with E-state index in [0.717, 1.165) is 11.0 Å². The number of hydrogen-bond donors (Lipinski definition) is 1. The zero-order valence-corrected chi connectivity index (χ0v) is 9.40. The Hall–Kier alpha value is -1.65. The molecule has 16 heavy (non-hydrogen) atoms. The van der Waals surface area contributed by atoms with Gasteiger partial charge in [-0.2, -0.15) is 0 Å². The van der Waals surface area contributed by atoms with E-state index in [1.54, 1.807) is 0 Å². The molecule has 1 aliphatic heterocycles. The average Bonchev–Trinajstić information content (AvgIpc) is 2.07. The molecule has 5 nitrogen and oxygen atoms in total. The molecule has 0 aromatic rings. The Morgan fingerprint density at radius 2 is 1.88 bits per heavy atom. The molecule has 0 aliphatic carbocycles. The topological polar surface area (TPSA) is 74.7 Å². The van der Waals surface area contributed by atoms with E-state index in [0.29, 0.717) is 12.8 Å². The smallest absolute Gasteiger partial charge is 0.328 e. The molecule has 5 heteroatoms. The summed E-state index contributed by atoms with van der Waals surface area (Å²) < 4.78 is 0. The van der Waals surface area contributed by atoms with Crippen molar-refractivity contribution < 1.29 is 19.5 Å². The Bertz CT molecular complexity index is 337. The number of aliphatic carboxylic acids is 1. The fraction of sp³-hybridized carbons (Fsp3) is 0.545. The number of hydrogen-bond acceptors (Lipinski definition) is 3. The third-order valence-corrected chi connectivity index (χ3v) is 2.41. The van der Waals surface area contributed by atoms with E-state index in [1.807, 2.05) is 13.8 Å². The maximum Gasteiger partial charge on any atom is 0.328 e. The lowest BCUT2D eigenvalue weighted by Crippen LogP contribution is -2.46. The quantitative estimate of drug-likeness (QED) is 0.569. The van der Waals surface area contributed by atoms with Gasteiger partial charge in [-0.15, -0.1) is 0 Å². The molecule has 0 radical (unpaired) electrons. The van der Waals surface area contributed by atoms with Gasteiger partial charge < -0.3 is 5.11 Å². The van der Waals surface area contributed by atoms with E-state index >= 15 is 0 Å². The summed E-state index contributed by atoms with van der Waals surface area (Å²) in [5.74, 6) is -1.56. The van der Waals surface area contributed by atoms with Gasteiger partial charge >= 0.3 is 5.97 Å². The largest absolute Gasteiger partial charge is 0.478 e. The van der Waals surface area contributed by atoms with Crippen LogP contribution in [0.2, 0.25) is 0 Å². The minimum absolute atomic E-state index is 0.0417. The lowest BCUT2D eigenvalue weighted by atomic mass is 9.82. The first-order valence-corrected chi connectivity index (χ1v) is 5.04. The summed E-state index contributed by atoms with van der Waals surface area (Å²) in [4.78, 5) is 34.6. The van der Waals surface area contributed by atoms with Gasteiger partial charge in [0.1, 0.15) is 0 Å². The third kappa shape index (κ3) is 3.18. The van der Waals surface area contributed by atoms with Crippen LogP contribution in [0.4, 0.5) is 0 Å². The van der Waals surface area contributed by atoms with Gasteiger partial charge in [-0.1, -0.05) is 19.9 Å². The lowest BCUT2D eigenvalue weighted by Gasteiger charge is -2.34. The van der Waals surface area contributed by atoms with Crippen molar-refractivity contribution in [2.24, 2.45) is 5.41 Å². The minimum atomic E-state index is -1.09. The van der Waals surface area contributed by atoms with E-state index in [2.05, 4.69) is 0 Å². The van der Waals surface area contributed by atoms with Crippen LogP contribution in [-0.4, -0.2) is 34.3 Å². The van der Waals surface area contributed by atoms with Gasteiger partial charge in [0.05, 0.1) is 0 Å². The molecule has 88 valence electrons. The van der Waals surface area contributed by atoms with Gasteiger partial charge in [0.25, 0.3) is 0 Å². The van der Waals surface area contributed by atoms with E-state index in [1.165, 1.54) is 6.08 Å². The Morgan fingerprint density at radius 3 is 2.31 bits per heavy atom. The summed E-state index contributed by atoms with van der Waals surface area (Å²) in [6.45, 7) is 3.78. The van der Waals surface area contributed by atoms with Crippen LogP contribution in [0.5, 0.6) is 0 Å². The molecule has 0 aromatic carbocycles. The predicted octanol–water partition coefficient (Wildman–Crippen LogP) is 0.802. The number of carbonyl (C=O) groups excluding carboxylic acids is 2. The zero-order chi connectivity index (χ0) is 12.3. The number of carboxylic acids is 1. The Kier molecular flexibility index (Phi) is 3.47. The normalized spacial score (nSPS) is 20.5. The molecule has 0 unspecified atom stereocenters. The Balaban J connectivity index is 2.65. The highest BCUT2D eigenvalue weighted by atomic mass is 16.4. The van der Waals surface area contributed by atoms with Crippen LogP contribution >= 0.6 is 0 Å². The number of carbonyl (C=O) groups is 3. The molecule has 1 rings (SSSR count). The van der Waals surface area contributed by atoms with Gasteiger partial charge in [0, 0.05) is 25.5 Å². The van der Waals surface area contributed by atoms with Gasteiger partial charge in [-0.05, 0) is 5.41 Å². The molecule has 0 aromatic heterocycles. The highest BCUT2D eigenvalue weighted by Crippen LogP contribution is 2.31. The Morgan fingerprint density at radius 1 is 1.38 bits per heavy atom. The molecule has 1 aliphatic rings. The standard InChI is InChI=1S/C11H15NO4/c1-11(2)6-8(13)12(9(14)7-11)5-3-4-10(15)16/h3-4H,5-7H2,1-2H3,(H,15,16)/b4-3+. The van der Waals surface area contributed by atoms with Crippen molar-refractivity contribution in [3.8, 4) is 0 Å². The highest BCUT2D eigenvalue weighted by molar-refractivity contribution is 5.98. The number of piperidine rings is 1. The monoisotopic (exact) mass is 225 g/mol. The van der Waals surface area contributed by atoms with E-state index in [9.17, 15) is 14.4 Å². The summed E-state index contributed by atoms with van der Waals surface area (Å²) in [5, 5.41) is 8.38. The van der Waals surface area contributed by atoms with Gasteiger partial charge in [-0.25, -0.2) is 4.79 Å². The molecule has 1 heterocycles. The van der Waals surface area contributed by atoms with Crippen molar-refractivity contribution in [3.05, 3.63) is 12.2 Å². The van der Waals surface area contributed by atoms with Crippen LogP contribution in [0.15, 0.2) is 12.2 Å². The fourth-order valence-electron chi connectivity index (χ4n) is 1.67.